The Morgan fingerprint density at radius 3 is 1.08 bits per heavy atom. The van der Waals surface area contributed by atoms with Gasteiger partial charge in [0.15, 0.2) is 0 Å². The van der Waals surface area contributed by atoms with Crippen LogP contribution in [0.1, 0.15) is 91.2 Å². The number of benzene rings is 7. The molecule has 0 heteroatoms. The molecule has 0 bridgehead atoms. The minimum Gasteiger partial charge on any atom is -0.0905 e. The van der Waals surface area contributed by atoms with E-state index in [-0.39, 0.29) is 11.8 Å². The zero-order chi connectivity index (χ0) is 36.7. The fraction of sp³-hybridized carbons (Fsp3) is 0.170. The monoisotopic (exact) mass is 686 g/mol. The molecular weight excluding hydrogens is 637 g/mol. The Kier molecular flexibility index (Phi) is 11.0. The molecule has 0 radical (unpaired) electrons. The van der Waals surface area contributed by atoms with Crippen molar-refractivity contribution in [2.45, 2.75) is 57.8 Å². The Bertz CT molecular complexity index is 2260. The molecule has 7 rings (SSSR count). The lowest BCUT2D eigenvalue weighted by Crippen LogP contribution is -2.29. The Morgan fingerprint density at radius 2 is 0.736 bits per heavy atom. The summed E-state index contributed by atoms with van der Waals surface area (Å²) in [7, 11) is 0. The second kappa shape index (κ2) is 16.3. The lowest BCUT2D eigenvalue weighted by atomic mass is 9.78. The highest BCUT2D eigenvalue weighted by atomic mass is 14.3. The molecule has 0 nitrogen and oxygen atoms in total. The normalized spacial score (nSPS) is 13.2. The highest BCUT2D eigenvalue weighted by Crippen LogP contribution is 2.40. The van der Waals surface area contributed by atoms with Crippen molar-refractivity contribution in [3.8, 4) is 22.3 Å². The molecule has 53 heavy (non-hydrogen) atoms. The zero-order valence-electron chi connectivity index (χ0n) is 31.5. The SMILES string of the molecule is C=c1c(-c2ccc(C(C)C(c3ccccc3)c3ccccc3)cc2)ccc(-c2ccc(C(C)C(c3ccccc3)c3ccccc3)cc2)/c1=C(/C)CC. The third kappa shape index (κ3) is 7.60. The van der Waals surface area contributed by atoms with Crippen LogP contribution >= 0.6 is 0 Å². The molecule has 0 amide bonds. The van der Waals surface area contributed by atoms with Gasteiger partial charge in [-0.05, 0) is 91.3 Å². The van der Waals surface area contributed by atoms with Gasteiger partial charge in [0, 0.05) is 11.8 Å². The van der Waals surface area contributed by atoms with Gasteiger partial charge in [-0.3, -0.25) is 0 Å². The molecule has 0 aliphatic heterocycles. The van der Waals surface area contributed by atoms with Crippen LogP contribution in [-0.4, -0.2) is 0 Å². The van der Waals surface area contributed by atoms with Crippen LogP contribution in [-0.2, 0) is 0 Å². The number of hydrogen-bond donors (Lipinski definition) is 0. The van der Waals surface area contributed by atoms with Crippen molar-refractivity contribution in [3.63, 3.8) is 0 Å². The van der Waals surface area contributed by atoms with Crippen molar-refractivity contribution in [3.05, 3.63) is 226 Å². The number of hydrogen-bond acceptors (Lipinski definition) is 0. The van der Waals surface area contributed by atoms with Gasteiger partial charge in [0.25, 0.3) is 0 Å². The predicted molar refractivity (Wildman–Crippen MR) is 228 cm³/mol. The maximum atomic E-state index is 4.73. The molecule has 0 heterocycles. The molecule has 0 saturated heterocycles. The average molecular weight is 687 g/mol. The smallest absolute Gasteiger partial charge is 0.0155 e. The van der Waals surface area contributed by atoms with E-state index < -0.39 is 0 Å². The van der Waals surface area contributed by atoms with Gasteiger partial charge in [0.05, 0.1) is 0 Å². The summed E-state index contributed by atoms with van der Waals surface area (Å²) in [5.74, 6) is 1.17. The van der Waals surface area contributed by atoms with Crippen LogP contribution in [0.15, 0.2) is 182 Å². The van der Waals surface area contributed by atoms with Crippen molar-refractivity contribution in [1.29, 1.82) is 0 Å². The standard InChI is InChI=1S/C53H50/c1-6-37(2)51-40(5)49(43-31-27-41(28-32-43)38(3)52(45-19-11-7-12-20-45)46-21-13-8-14-22-46)35-36-50(51)44-33-29-42(30-34-44)39(4)53(47-23-15-9-16-24-47)48-25-17-10-18-26-48/h7-36,38-39,52-53H,5-6H2,1-4H3/b51-37-. The van der Waals surface area contributed by atoms with Crippen molar-refractivity contribution < 1.29 is 0 Å². The molecule has 0 aliphatic carbocycles. The van der Waals surface area contributed by atoms with Crippen LogP contribution in [0.4, 0.5) is 0 Å². The Morgan fingerprint density at radius 1 is 0.415 bits per heavy atom. The first-order valence-electron chi connectivity index (χ1n) is 19.2. The topological polar surface area (TPSA) is 0 Å². The van der Waals surface area contributed by atoms with Crippen LogP contribution in [0.3, 0.4) is 0 Å². The molecular formula is C53H50. The van der Waals surface area contributed by atoms with Crippen LogP contribution in [0.5, 0.6) is 0 Å². The highest BCUT2D eigenvalue weighted by molar-refractivity contribution is 5.74. The minimum atomic E-state index is 0.274. The second-order valence-electron chi connectivity index (χ2n) is 14.6. The van der Waals surface area contributed by atoms with Gasteiger partial charge >= 0.3 is 0 Å². The van der Waals surface area contributed by atoms with Crippen molar-refractivity contribution in [1.82, 2.24) is 0 Å². The van der Waals surface area contributed by atoms with Gasteiger partial charge in [0.1, 0.15) is 0 Å². The Hall–Kier alpha value is -5.72. The number of rotatable bonds is 11. The van der Waals surface area contributed by atoms with Gasteiger partial charge < -0.3 is 0 Å². The molecule has 2 unspecified atom stereocenters. The largest absolute Gasteiger partial charge is 0.0905 e. The summed E-state index contributed by atoms with van der Waals surface area (Å²) in [6.07, 6.45) is 0.973. The van der Waals surface area contributed by atoms with Gasteiger partial charge in [-0.2, -0.15) is 0 Å². The molecule has 7 aromatic carbocycles. The Balaban J connectivity index is 1.20. The maximum Gasteiger partial charge on any atom is 0.0155 e. The summed E-state index contributed by atoms with van der Waals surface area (Å²) in [5.41, 5.74) is 14.3. The Labute approximate surface area is 316 Å². The van der Waals surface area contributed by atoms with Crippen LogP contribution in [0, 0.1) is 0 Å². The van der Waals surface area contributed by atoms with E-state index in [1.807, 2.05) is 0 Å². The van der Waals surface area contributed by atoms with E-state index >= 15 is 0 Å². The van der Waals surface area contributed by atoms with Crippen LogP contribution < -0.4 is 10.4 Å². The average Bonchev–Trinajstić information content (AvgIpc) is 3.22. The van der Waals surface area contributed by atoms with E-state index in [1.165, 1.54) is 66.4 Å². The first kappa shape index (κ1) is 35.7. The summed E-state index contributed by atoms with van der Waals surface area (Å²) in [4.78, 5) is 0. The summed E-state index contributed by atoms with van der Waals surface area (Å²) < 4.78 is 0. The molecule has 0 saturated carbocycles. The fourth-order valence-electron chi connectivity index (χ4n) is 8.32. The van der Waals surface area contributed by atoms with E-state index in [1.54, 1.807) is 0 Å². The third-order valence-electron chi connectivity index (χ3n) is 11.4. The minimum absolute atomic E-state index is 0.274. The highest BCUT2D eigenvalue weighted by Gasteiger charge is 2.24. The first-order valence-corrected chi connectivity index (χ1v) is 19.2. The second-order valence-corrected chi connectivity index (χ2v) is 14.6. The lowest BCUT2D eigenvalue weighted by Gasteiger charge is -2.26. The molecule has 2 atom stereocenters. The van der Waals surface area contributed by atoms with E-state index in [0.717, 1.165) is 11.6 Å². The molecule has 262 valence electrons. The molecule has 0 fully saturated rings. The van der Waals surface area contributed by atoms with Crippen LogP contribution in [0.2, 0.25) is 0 Å². The van der Waals surface area contributed by atoms with Gasteiger partial charge in [-0.15, -0.1) is 0 Å². The van der Waals surface area contributed by atoms with E-state index in [2.05, 4.69) is 210 Å². The summed E-state index contributed by atoms with van der Waals surface area (Å²) in [6, 6.07) is 66.8. The van der Waals surface area contributed by atoms with E-state index in [4.69, 9.17) is 6.58 Å². The third-order valence-corrected chi connectivity index (χ3v) is 11.4. The van der Waals surface area contributed by atoms with Gasteiger partial charge in [0.2, 0.25) is 0 Å². The fourth-order valence-corrected chi connectivity index (χ4v) is 8.32. The summed E-state index contributed by atoms with van der Waals surface area (Å²) in [5, 5.41) is 2.36. The van der Waals surface area contributed by atoms with Crippen LogP contribution in [0.25, 0.3) is 34.4 Å². The van der Waals surface area contributed by atoms with Gasteiger partial charge in [-0.1, -0.05) is 215 Å². The molecule has 0 spiro atoms. The molecule has 0 N–H and O–H groups in total. The maximum absolute atomic E-state index is 4.73. The quantitative estimate of drug-likeness (QED) is 0.127. The summed E-state index contributed by atoms with van der Waals surface area (Å²) >= 11 is 0. The molecule has 0 aromatic heterocycles. The van der Waals surface area contributed by atoms with Crippen molar-refractivity contribution in [2.75, 3.05) is 0 Å². The summed E-state index contributed by atoms with van der Waals surface area (Å²) in [6.45, 7) is 14.0. The zero-order valence-corrected chi connectivity index (χ0v) is 31.5. The lowest BCUT2D eigenvalue weighted by molar-refractivity contribution is 0.657. The van der Waals surface area contributed by atoms with Crippen molar-refractivity contribution in [2.24, 2.45) is 0 Å². The van der Waals surface area contributed by atoms with Gasteiger partial charge in [-0.25, -0.2) is 0 Å². The van der Waals surface area contributed by atoms with Crippen molar-refractivity contribution >= 4 is 12.2 Å². The predicted octanol–water partition coefficient (Wildman–Crippen LogP) is 12.9. The molecule has 0 aliphatic rings. The van der Waals surface area contributed by atoms with E-state index in [0.29, 0.717) is 11.8 Å². The molecule has 7 aromatic rings. The van der Waals surface area contributed by atoms with E-state index in [9.17, 15) is 0 Å². The first-order chi connectivity index (χ1) is 25.9.